The fraction of sp³-hybridized carbons (Fsp3) is 0.867. The summed E-state index contributed by atoms with van der Waals surface area (Å²) < 4.78 is 1.74. The molecule has 1 saturated carbocycles. The van der Waals surface area contributed by atoms with Crippen LogP contribution >= 0.6 is 12.2 Å². The first-order chi connectivity index (χ1) is 10.1. The lowest BCUT2D eigenvalue weighted by Gasteiger charge is -2.39. The summed E-state index contributed by atoms with van der Waals surface area (Å²) in [5.74, 6) is 0.937. The van der Waals surface area contributed by atoms with Crippen molar-refractivity contribution >= 4 is 17.2 Å². The third-order valence-corrected chi connectivity index (χ3v) is 4.73. The van der Waals surface area contributed by atoms with Crippen molar-refractivity contribution in [1.82, 2.24) is 25.1 Å². The zero-order valence-corrected chi connectivity index (χ0v) is 14.3. The number of aryl methyl sites for hydroxylation is 2. The summed E-state index contributed by atoms with van der Waals surface area (Å²) in [6, 6.07) is 1.15. The Hall–Kier alpha value is -1.04. The summed E-state index contributed by atoms with van der Waals surface area (Å²) in [7, 11) is 1.89. The first-order valence-electron chi connectivity index (χ1n) is 8.12. The Bertz CT molecular complexity index is 451. The minimum Gasteiger partial charge on any atom is -0.361 e. The predicted molar refractivity (Wildman–Crippen MR) is 88.2 cm³/mol. The monoisotopic (exact) mass is 309 g/mol. The van der Waals surface area contributed by atoms with Crippen LogP contribution in [0.25, 0.3) is 0 Å². The highest BCUT2D eigenvalue weighted by atomic mass is 32.1. The van der Waals surface area contributed by atoms with E-state index < -0.39 is 0 Å². The van der Waals surface area contributed by atoms with E-state index in [0.717, 1.165) is 30.1 Å². The molecule has 0 aliphatic heterocycles. The maximum atomic E-state index is 5.73. The van der Waals surface area contributed by atoms with Gasteiger partial charge in [0.05, 0.1) is 4.99 Å². The second kappa shape index (κ2) is 7.82. The second-order valence-corrected chi connectivity index (χ2v) is 6.73. The number of thiocarbonyl (C=S) groups is 1. The molecule has 2 rings (SSSR count). The van der Waals surface area contributed by atoms with Crippen LogP contribution in [0.1, 0.15) is 64.6 Å². The van der Waals surface area contributed by atoms with E-state index in [4.69, 9.17) is 12.2 Å². The maximum absolute atomic E-state index is 5.73. The first-order valence-corrected chi connectivity index (χ1v) is 8.53. The van der Waals surface area contributed by atoms with Gasteiger partial charge in [-0.25, -0.2) is 4.68 Å². The molecule has 1 heterocycles. The third kappa shape index (κ3) is 4.46. The Morgan fingerprint density at radius 3 is 2.62 bits per heavy atom. The van der Waals surface area contributed by atoms with E-state index in [0.29, 0.717) is 12.1 Å². The quantitative estimate of drug-likeness (QED) is 0.756. The summed E-state index contributed by atoms with van der Waals surface area (Å²) in [4.78, 5) is 3.61. The molecule has 1 aromatic rings. The summed E-state index contributed by atoms with van der Waals surface area (Å²) in [5, 5.41) is 11.6. The van der Waals surface area contributed by atoms with Gasteiger partial charge in [0, 0.05) is 25.6 Å². The van der Waals surface area contributed by atoms with E-state index in [1.165, 1.54) is 32.1 Å². The standard InChI is InChI=1S/C15H27N5S/c1-12(2)20(13-8-5-4-6-9-13)15(21)11-7-10-14-16-17-18-19(14)3/h12-13H,4-11H2,1-3H3. The van der Waals surface area contributed by atoms with Gasteiger partial charge in [-0.2, -0.15) is 0 Å². The Balaban J connectivity index is 1.85. The van der Waals surface area contributed by atoms with Crippen molar-refractivity contribution in [3.63, 3.8) is 0 Å². The van der Waals surface area contributed by atoms with Crippen LogP contribution in [-0.4, -0.2) is 42.2 Å². The van der Waals surface area contributed by atoms with Crippen LogP contribution in [0.5, 0.6) is 0 Å². The summed E-state index contributed by atoms with van der Waals surface area (Å²) in [6.45, 7) is 4.51. The zero-order valence-electron chi connectivity index (χ0n) is 13.5. The van der Waals surface area contributed by atoms with Crippen LogP contribution < -0.4 is 0 Å². The van der Waals surface area contributed by atoms with Crippen molar-refractivity contribution in [3.05, 3.63) is 5.82 Å². The molecule has 1 fully saturated rings. The van der Waals surface area contributed by atoms with E-state index in [9.17, 15) is 0 Å². The molecule has 21 heavy (non-hydrogen) atoms. The van der Waals surface area contributed by atoms with Crippen LogP contribution in [0, 0.1) is 0 Å². The SMILES string of the molecule is CC(C)N(C(=S)CCCc1nnnn1C)C1CCCCC1. The summed E-state index contributed by atoms with van der Waals surface area (Å²) >= 11 is 5.73. The van der Waals surface area contributed by atoms with Gasteiger partial charge >= 0.3 is 0 Å². The normalized spacial score (nSPS) is 16.4. The minimum atomic E-state index is 0.497. The van der Waals surface area contributed by atoms with Gasteiger partial charge in [-0.1, -0.05) is 31.5 Å². The average molecular weight is 309 g/mol. The third-order valence-electron chi connectivity index (χ3n) is 4.31. The molecule has 5 nitrogen and oxygen atoms in total. The molecule has 0 bridgehead atoms. The molecule has 0 saturated heterocycles. The molecule has 1 aliphatic carbocycles. The summed E-state index contributed by atoms with van der Waals surface area (Å²) in [5.41, 5.74) is 0. The van der Waals surface area contributed by atoms with Gasteiger partial charge in [0.1, 0.15) is 0 Å². The van der Waals surface area contributed by atoms with Crippen molar-refractivity contribution in [2.24, 2.45) is 7.05 Å². The molecule has 0 N–H and O–H groups in total. The molecule has 0 spiro atoms. The Kier molecular flexibility index (Phi) is 6.08. The molecule has 0 amide bonds. The lowest BCUT2D eigenvalue weighted by molar-refractivity contribution is 0.208. The van der Waals surface area contributed by atoms with Crippen LogP contribution in [0.4, 0.5) is 0 Å². The highest BCUT2D eigenvalue weighted by Gasteiger charge is 2.24. The molecule has 1 aliphatic rings. The molecular formula is C15H27N5S. The van der Waals surface area contributed by atoms with Crippen LogP contribution in [0.15, 0.2) is 0 Å². The van der Waals surface area contributed by atoms with Gasteiger partial charge in [0.15, 0.2) is 5.82 Å². The average Bonchev–Trinajstić information content (AvgIpc) is 2.85. The van der Waals surface area contributed by atoms with E-state index >= 15 is 0 Å². The lowest BCUT2D eigenvalue weighted by atomic mass is 9.93. The Morgan fingerprint density at radius 1 is 1.33 bits per heavy atom. The molecule has 118 valence electrons. The maximum Gasteiger partial charge on any atom is 0.150 e. The number of rotatable bonds is 6. The number of nitrogens with zero attached hydrogens (tertiary/aromatic N) is 5. The van der Waals surface area contributed by atoms with Gasteiger partial charge in [0.25, 0.3) is 0 Å². The van der Waals surface area contributed by atoms with Gasteiger partial charge < -0.3 is 4.90 Å². The molecule has 0 aromatic carbocycles. The van der Waals surface area contributed by atoms with Gasteiger partial charge in [-0.3, -0.25) is 0 Å². The second-order valence-electron chi connectivity index (χ2n) is 6.26. The molecular weight excluding hydrogens is 282 g/mol. The van der Waals surface area contributed by atoms with E-state index in [2.05, 4.69) is 34.3 Å². The van der Waals surface area contributed by atoms with Gasteiger partial charge in [-0.15, -0.1) is 5.10 Å². The fourth-order valence-electron chi connectivity index (χ4n) is 3.26. The van der Waals surface area contributed by atoms with E-state index in [-0.39, 0.29) is 0 Å². The van der Waals surface area contributed by atoms with Crippen LogP contribution in [-0.2, 0) is 13.5 Å². The molecule has 0 unspecified atom stereocenters. The van der Waals surface area contributed by atoms with Gasteiger partial charge in [0.2, 0.25) is 0 Å². The Morgan fingerprint density at radius 2 is 2.05 bits per heavy atom. The molecule has 0 radical (unpaired) electrons. The number of hydrogen-bond acceptors (Lipinski definition) is 4. The molecule has 0 atom stereocenters. The molecule has 1 aromatic heterocycles. The largest absolute Gasteiger partial charge is 0.361 e. The topological polar surface area (TPSA) is 46.8 Å². The number of aromatic nitrogens is 4. The van der Waals surface area contributed by atoms with Crippen molar-refractivity contribution < 1.29 is 0 Å². The van der Waals surface area contributed by atoms with Crippen LogP contribution in [0.3, 0.4) is 0 Å². The van der Waals surface area contributed by atoms with Crippen molar-refractivity contribution in [2.45, 2.75) is 77.3 Å². The van der Waals surface area contributed by atoms with E-state index in [1.807, 2.05) is 7.05 Å². The highest BCUT2D eigenvalue weighted by molar-refractivity contribution is 7.80. The molecule has 6 heteroatoms. The van der Waals surface area contributed by atoms with Crippen molar-refractivity contribution in [1.29, 1.82) is 0 Å². The van der Waals surface area contributed by atoms with Crippen molar-refractivity contribution in [2.75, 3.05) is 0 Å². The smallest absolute Gasteiger partial charge is 0.150 e. The fourth-order valence-corrected chi connectivity index (χ4v) is 3.76. The number of tetrazole rings is 1. The Labute approximate surface area is 133 Å². The predicted octanol–water partition coefficient (Wildman–Crippen LogP) is 2.90. The minimum absolute atomic E-state index is 0.497. The van der Waals surface area contributed by atoms with E-state index in [1.54, 1.807) is 4.68 Å². The first kappa shape index (κ1) is 16.3. The van der Waals surface area contributed by atoms with Crippen molar-refractivity contribution in [3.8, 4) is 0 Å². The zero-order chi connectivity index (χ0) is 15.2. The highest BCUT2D eigenvalue weighted by Crippen LogP contribution is 2.25. The van der Waals surface area contributed by atoms with Crippen LogP contribution in [0.2, 0.25) is 0 Å². The number of hydrogen-bond donors (Lipinski definition) is 0. The lowest BCUT2D eigenvalue weighted by Crippen LogP contribution is -2.44. The summed E-state index contributed by atoms with van der Waals surface area (Å²) in [6.07, 6.45) is 9.54. The van der Waals surface area contributed by atoms with Gasteiger partial charge in [-0.05, 0) is 50.0 Å².